The fourth-order valence-electron chi connectivity index (χ4n) is 2.52. The average Bonchev–Trinajstić information content (AvgIpc) is 2.35. The van der Waals surface area contributed by atoms with Crippen molar-refractivity contribution in [2.24, 2.45) is 0 Å². The van der Waals surface area contributed by atoms with Crippen molar-refractivity contribution in [3.63, 3.8) is 0 Å². The molecule has 0 bridgehead atoms. The zero-order valence-corrected chi connectivity index (χ0v) is 13.2. The molecule has 0 amide bonds. The maximum Gasteiger partial charge on any atom is 0.126 e. The van der Waals surface area contributed by atoms with E-state index in [-0.39, 0.29) is 6.10 Å². The van der Waals surface area contributed by atoms with E-state index in [9.17, 15) is 0 Å². The zero-order valence-electron chi connectivity index (χ0n) is 13.2. The van der Waals surface area contributed by atoms with Crippen molar-refractivity contribution in [2.75, 3.05) is 0 Å². The Balaban J connectivity index is 2.30. The second-order valence-corrected chi connectivity index (χ2v) is 5.59. The summed E-state index contributed by atoms with van der Waals surface area (Å²) in [6.45, 7) is 12.4. The summed E-state index contributed by atoms with van der Waals surface area (Å²) in [7, 11) is 0. The topological polar surface area (TPSA) is 22.1 Å². The van der Waals surface area contributed by atoms with Gasteiger partial charge in [0.25, 0.3) is 0 Å². The number of aromatic nitrogens is 1. The van der Waals surface area contributed by atoms with Crippen molar-refractivity contribution in [2.45, 2.75) is 47.6 Å². The molecule has 0 fully saturated rings. The van der Waals surface area contributed by atoms with E-state index in [1.165, 1.54) is 16.7 Å². The first-order valence-corrected chi connectivity index (χ1v) is 7.07. The summed E-state index contributed by atoms with van der Waals surface area (Å²) in [5.41, 5.74) is 6.95. The van der Waals surface area contributed by atoms with Crippen LogP contribution in [0.4, 0.5) is 0 Å². The Morgan fingerprint density at radius 2 is 1.70 bits per heavy atom. The minimum absolute atomic E-state index is 0.0375. The quantitative estimate of drug-likeness (QED) is 0.801. The molecule has 0 saturated carbocycles. The molecule has 1 heterocycles. The maximum atomic E-state index is 6.17. The van der Waals surface area contributed by atoms with Gasteiger partial charge in [-0.25, -0.2) is 0 Å². The van der Waals surface area contributed by atoms with E-state index < -0.39 is 0 Å². The van der Waals surface area contributed by atoms with Crippen molar-refractivity contribution in [3.05, 3.63) is 57.9 Å². The van der Waals surface area contributed by atoms with E-state index in [1.54, 1.807) is 0 Å². The van der Waals surface area contributed by atoms with Crippen LogP contribution in [-0.2, 0) is 0 Å². The highest BCUT2D eigenvalue weighted by atomic mass is 16.5. The smallest absolute Gasteiger partial charge is 0.126 e. The molecule has 0 aliphatic heterocycles. The molecule has 0 spiro atoms. The standard InChI is InChI=1S/C18H23NO/c1-11-7-8-17(12(2)9-11)16(6)20-18-10-13(3)19-15(5)14(18)4/h7-10,16H,1-6H3/t16-/m1/s1. The molecule has 2 aromatic rings. The third-order valence-corrected chi connectivity index (χ3v) is 3.76. The van der Waals surface area contributed by atoms with Gasteiger partial charge in [-0.1, -0.05) is 23.8 Å². The van der Waals surface area contributed by atoms with Crippen molar-refractivity contribution in [3.8, 4) is 5.75 Å². The van der Waals surface area contributed by atoms with Gasteiger partial charge in [0, 0.05) is 23.0 Å². The summed E-state index contributed by atoms with van der Waals surface area (Å²) in [4.78, 5) is 4.46. The minimum Gasteiger partial charge on any atom is -0.486 e. The Morgan fingerprint density at radius 3 is 2.35 bits per heavy atom. The monoisotopic (exact) mass is 269 g/mol. The Morgan fingerprint density at radius 1 is 1.00 bits per heavy atom. The summed E-state index contributed by atoms with van der Waals surface area (Å²) in [6, 6.07) is 8.51. The lowest BCUT2D eigenvalue weighted by Crippen LogP contribution is -2.07. The normalized spacial score (nSPS) is 12.3. The summed E-state index contributed by atoms with van der Waals surface area (Å²) in [5, 5.41) is 0. The van der Waals surface area contributed by atoms with E-state index in [4.69, 9.17) is 4.74 Å². The lowest BCUT2D eigenvalue weighted by Gasteiger charge is -2.20. The maximum absolute atomic E-state index is 6.17. The van der Waals surface area contributed by atoms with Crippen LogP contribution in [0.3, 0.4) is 0 Å². The van der Waals surface area contributed by atoms with Gasteiger partial charge in [-0.2, -0.15) is 0 Å². The number of hydrogen-bond acceptors (Lipinski definition) is 2. The second kappa shape index (κ2) is 5.66. The van der Waals surface area contributed by atoms with Crippen LogP contribution in [0.1, 0.15) is 46.7 Å². The largest absolute Gasteiger partial charge is 0.486 e. The van der Waals surface area contributed by atoms with E-state index in [0.29, 0.717) is 0 Å². The summed E-state index contributed by atoms with van der Waals surface area (Å²) < 4.78 is 6.17. The first-order valence-electron chi connectivity index (χ1n) is 7.07. The van der Waals surface area contributed by atoms with E-state index in [1.807, 2.05) is 19.9 Å². The molecule has 0 unspecified atom stereocenters. The van der Waals surface area contributed by atoms with Crippen molar-refractivity contribution in [1.29, 1.82) is 0 Å². The first kappa shape index (κ1) is 14.6. The molecule has 0 N–H and O–H groups in total. The molecule has 1 aromatic carbocycles. The lowest BCUT2D eigenvalue weighted by atomic mass is 10.0. The Hall–Kier alpha value is -1.83. The SMILES string of the molecule is Cc1ccc([C@@H](C)Oc2cc(C)nc(C)c2C)c(C)c1. The van der Waals surface area contributed by atoms with E-state index in [2.05, 4.69) is 50.9 Å². The van der Waals surface area contributed by atoms with Crippen LogP contribution >= 0.6 is 0 Å². The van der Waals surface area contributed by atoms with Gasteiger partial charge in [0.1, 0.15) is 11.9 Å². The number of aryl methyl sites for hydroxylation is 4. The predicted molar refractivity (Wildman–Crippen MR) is 83.4 cm³/mol. The molecule has 2 heteroatoms. The lowest BCUT2D eigenvalue weighted by molar-refractivity contribution is 0.224. The van der Waals surface area contributed by atoms with Gasteiger partial charge < -0.3 is 4.74 Å². The van der Waals surface area contributed by atoms with Crippen LogP contribution in [0.15, 0.2) is 24.3 Å². The van der Waals surface area contributed by atoms with Crippen LogP contribution in [0.5, 0.6) is 5.75 Å². The zero-order chi connectivity index (χ0) is 14.9. The van der Waals surface area contributed by atoms with Gasteiger partial charge in [-0.3, -0.25) is 4.98 Å². The molecule has 2 nitrogen and oxygen atoms in total. The van der Waals surface area contributed by atoms with Crippen LogP contribution in [0.25, 0.3) is 0 Å². The number of rotatable bonds is 3. The number of nitrogens with zero attached hydrogens (tertiary/aromatic N) is 1. The summed E-state index contributed by atoms with van der Waals surface area (Å²) in [6.07, 6.45) is 0.0375. The molecule has 20 heavy (non-hydrogen) atoms. The molecule has 0 aliphatic rings. The van der Waals surface area contributed by atoms with Crippen LogP contribution in [0.2, 0.25) is 0 Å². The third-order valence-electron chi connectivity index (χ3n) is 3.76. The highest BCUT2D eigenvalue weighted by Crippen LogP contribution is 2.28. The summed E-state index contributed by atoms with van der Waals surface area (Å²) in [5.74, 6) is 0.933. The first-order chi connectivity index (χ1) is 9.38. The highest BCUT2D eigenvalue weighted by Gasteiger charge is 2.13. The van der Waals surface area contributed by atoms with Gasteiger partial charge in [0.15, 0.2) is 0 Å². The minimum atomic E-state index is 0.0375. The van der Waals surface area contributed by atoms with Crippen molar-refractivity contribution >= 4 is 0 Å². The molecule has 0 aliphatic carbocycles. The molecule has 1 aromatic heterocycles. The molecular weight excluding hydrogens is 246 g/mol. The van der Waals surface area contributed by atoms with Crippen molar-refractivity contribution in [1.82, 2.24) is 4.98 Å². The number of hydrogen-bond donors (Lipinski definition) is 0. The Kier molecular flexibility index (Phi) is 4.12. The van der Waals surface area contributed by atoms with Gasteiger partial charge >= 0.3 is 0 Å². The molecule has 0 saturated heterocycles. The molecular formula is C18H23NO. The van der Waals surface area contributed by atoms with Crippen LogP contribution in [0, 0.1) is 34.6 Å². The van der Waals surface area contributed by atoms with E-state index >= 15 is 0 Å². The van der Waals surface area contributed by atoms with Crippen molar-refractivity contribution < 1.29 is 4.74 Å². The summed E-state index contributed by atoms with van der Waals surface area (Å²) >= 11 is 0. The highest BCUT2D eigenvalue weighted by molar-refractivity contribution is 5.38. The fourth-order valence-corrected chi connectivity index (χ4v) is 2.52. The van der Waals surface area contributed by atoms with Crippen LogP contribution < -0.4 is 4.74 Å². The number of ether oxygens (including phenoxy) is 1. The van der Waals surface area contributed by atoms with Gasteiger partial charge in [0.2, 0.25) is 0 Å². The Labute approximate surface area is 121 Å². The van der Waals surface area contributed by atoms with Gasteiger partial charge in [0.05, 0.1) is 0 Å². The van der Waals surface area contributed by atoms with Gasteiger partial charge in [-0.05, 0) is 52.7 Å². The molecule has 2 rings (SSSR count). The molecule has 106 valence electrons. The molecule has 1 atom stereocenters. The third kappa shape index (κ3) is 3.01. The molecule has 0 radical (unpaired) electrons. The predicted octanol–water partition coefficient (Wildman–Crippen LogP) is 4.76. The number of benzene rings is 1. The average molecular weight is 269 g/mol. The Bertz CT molecular complexity index is 632. The second-order valence-electron chi connectivity index (χ2n) is 5.59. The number of pyridine rings is 1. The van der Waals surface area contributed by atoms with Crippen LogP contribution in [-0.4, -0.2) is 4.98 Å². The van der Waals surface area contributed by atoms with E-state index in [0.717, 1.165) is 22.7 Å². The van der Waals surface area contributed by atoms with Gasteiger partial charge in [-0.15, -0.1) is 0 Å². The fraction of sp³-hybridized carbons (Fsp3) is 0.389.